The number of nitrogen functional groups attached to an aromatic ring is 1. The molecule has 216 valence electrons. The number of aromatic nitrogens is 3. The van der Waals surface area contributed by atoms with Gasteiger partial charge in [0, 0.05) is 29.6 Å². The molecule has 1 saturated carbocycles. The number of nitrogens with zero attached hydrogens (tertiary/aromatic N) is 4. The number of rotatable bonds is 5. The van der Waals surface area contributed by atoms with Gasteiger partial charge in [0.25, 0.3) is 0 Å². The lowest BCUT2D eigenvalue weighted by Crippen LogP contribution is -2.45. The summed E-state index contributed by atoms with van der Waals surface area (Å²) in [5.41, 5.74) is 8.01. The molecule has 0 spiro atoms. The van der Waals surface area contributed by atoms with E-state index in [9.17, 15) is 22.4 Å². The van der Waals surface area contributed by atoms with Crippen molar-refractivity contribution in [1.29, 1.82) is 0 Å². The van der Waals surface area contributed by atoms with E-state index in [0.717, 1.165) is 48.8 Å². The monoisotopic (exact) mass is 589 g/mol. The Hall–Kier alpha value is -3.64. The van der Waals surface area contributed by atoms with Crippen molar-refractivity contribution in [2.24, 2.45) is 0 Å². The van der Waals surface area contributed by atoms with Crippen LogP contribution >= 0.6 is 11.6 Å². The number of hydrogen-bond acceptors (Lipinski definition) is 5. The Labute approximate surface area is 238 Å². The smallest absolute Gasteiger partial charge is 0.382 e. The van der Waals surface area contributed by atoms with E-state index in [0.29, 0.717) is 35.5 Å². The van der Waals surface area contributed by atoms with E-state index < -0.39 is 34.3 Å². The normalized spacial score (nSPS) is 22.1. The molecule has 1 aliphatic heterocycles. The lowest BCUT2D eigenvalue weighted by Gasteiger charge is -2.31. The number of carbonyl (C=O) groups is 1. The zero-order valence-corrected chi connectivity index (χ0v) is 22.6. The van der Waals surface area contributed by atoms with Gasteiger partial charge < -0.3 is 21.3 Å². The summed E-state index contributed by atoms with van der Waals surface area (Å²) in [5.74, 6) is -0.343. The molecule has 0 bridgehead atoms. The highest BCUT2D eigenvalue weighted by Gasteiger charge is 2.35. The van der Waals surface area contributed by atoms with E-state index in [-0.39, 0.29) is 6.42 Å². The van der Waals surface area contributed by atoms with E-state index in [4.69, 9.17) is 17.3 Å². The average Bonchev–Trinajstić information content (AvgIpc) is 3.70. The molecule has 1 saturated heterocycles. The topological polar surface area (TPSA) is 101 Å². The number of piperidine rings is 1. The third kappa shape index (κ3) is 5.62. The Morgan fingerprint density at radius 3 is 2.56 bits per heavy atom. The van der Waals surface area contributed by atoms with Gasteiger partial charge in [-0.3, -0.25) is 0 Å². The van der Waals surface area contributed by atoms with Gasteiger partial charge in [-0.15, -0.1) is 0 Å². The lowest BCUT2D eigenvalue weighted by atomic mass is 9.92. The summed E-state index contributed by atoms with van der Waals surface area (Å²) in [6, 6.07) is 3.65. The van der Waals surface area contributed by atoms with E-state index in [2.05, 4.69) is 31.7 Å². The first-order valence-electron chi connectivity index (χ1n) is 13.4. The van der Waals surface area contributed by atoms with Crippen LogP contribution in [-0.2, 0) is 6.18 Å². The summed E-state index contributed by atoms with van der Waals surface area (Å²) in [5, 5.41) is 9.12. The molecule has 2 amide bonds. The summed E-state index contributed by atoms with van der Waals surface area (Å²) in [7, 11) is 0. The predicted octanol–water partition coefficient (Wildman–Crippen LogP) is 5.91. The molecule has 13 heteroatoms. The minimum absolute atomic E-state index is 0.152. The first kappa shape index (κ1) is 27.5. The fraction of sp³-hybridized carbons (Fsp3) is 0.393. The molecule has 2 fully saturated rings. The molecule has 1 unspecified atom stereocenters. The van der Waals surface area contributed by atoms with Gasteiger partial charge >= 0.3 is 12.2 Å². The van der Waals surface area contributed by atoms with Crippen LogP contribution in [-0.4, -0.2) is 49.7 Å². The Morgan fingerprint density at radius 2 is 1.90 bits per heavy atom. The van der Waals surface area contributed by atoms with E-state index in [1.54, 1.807) is 12.2 Å². The number of urea groups is 1. The maximum Gasteiger partial charge on any atom is 0.416 e. The Kier molecular flexibility index (Phi) is 6.93. The number of hydrogen-bond donors (Lipinski definition) is 3. The van der Waals surface area contributed by atoms with Crippen LogP contribution in [0.4, 0.5) is 33.9 Å². The summed E-state index contributed by atoms with van der Waals surface area (Å²) in [4.78, 5) is 17.9. The van der Waals surface area contributed by atoms with Crippen LogP contribution in [0.5, 0.6) is 0 Å². The average molecular weight is 590 g/mol. The highest BCUT2D eigenvalue weighted by atomic mass is 35.5. The molecule has 1 aromatic carbocycles. The first-order valence-corrected chi connectivity index (χ1v) is 13.8. The zero-order chi connectivity index (χ0) is 28.9. The van der Waals surface area contributed by atoms with Crippen molar-refractivity contribution >= 4 is 40.2 Å². The van der Waals surface area contributed by atoms with Crippen molar-refractivity contribution in [3.05, 3.63) is 71.5 Å². The fourth-order valence-electron chi connectivity index (χ4n) is 5.65. The number of anilines is 2. The zero-order valence-electron chi connectivity index (χ0n) is 21.9. The molecular formula is C28H28ClF4N7O. The fourth-order valence-corrected chi connectivity index (χ4v) is 5.88. The molecule has 3 heterocycles. The van der Waals surface area contributed by atoms with Gasteiger partial charge in [0.2, 0.25) is 0 Å². The van der Waals surface area contributed by atoms with Crippen LogP contribution in [0.15, 0.2) is 48.8 Å². The van der Waals surface area contributed by atoms with Gasteiger partial charge in [-0.2, -0.15) is 18.3 Å². The number of nitrogens with one attached hydrogen (secondary N) is 2. The van der Waals surface area contributed by atoms with E-state index >= 15 is 0 Å². The van der Waals surface area contributed by atoms with Gasteiger partial charge in [-0.05, 0) is 74.7 Å². The van der Waals surface area contributed by atoms with Crippen molar-refractivity contribution in [1.82, 2.24) is 24.8 Å². The summed E-state index contributed by atoms with van der Waals surface area (Å²) in [6.07, 6.45) is 6.67. The number of benzene rings is 1. The van der Waals surface area contributed by atoms with Crippen molar-refractivity contribution in [3.8, 4) is 0 Å². The molecule has 3 aromatic rings. The molecule has 2 aliphatic carbocycles. The van der Waals surface area contributed by atoms with Gasteiger partial charge in [0.15, 0.2) is 5.82 Å². The largest absolute Gasteiger partial charge is 0.416 e. The number of allylic oxidation sites excluding steroid dienone is 2. The predicted molar refractivity (Wildman–Crippen MR) is 148 cm³/mol. The van der Waals surface area contributed by atoms with Crippen molar-refractivity contribution in [3.63, 3.8) is 0 Å². The molecule has 41 heavy (non-hydrogen) atoms. The van der Waals surface area contributed by atoms with E-state index in [1.165, 1.54) is 19.2 Å². The van der Waals surface area contributed by atoms with E-state index in [1.807, 2.05) is 10.6 Å². The minimum atomic E-state index is -4.69. The highest BCUT2D eigenvalue weighted by Crippen LogP contribution is 2.39. The van der Waals surface area contributed by atoms with Gasteiger partial charge in [-0.25, -0.2) is 18.7 Å². The summed E-state index contributed by atoms with van der Waals surface area (Å²) >= 11 is 6.62. The molecule has 1 atom stereocenters. The number of fused-ring (bicyclic) bond motifs is 1. The molecule has 3 aliphatic rings. The number of carbonyl (C=O) groups excluding carboxylic acids is 1. The summed E-state index contributed by atoms with van der Waals surface area (Å²) < 4.78 is 55.0. The number of halogens is 5. The summed E-state index contributed by atoms with van der Waals surface area (Å²) in [6.45, 7) is 2.10. The van der Waals surface area contributed by atoms with Gasteiger partial charge in [-0.1, -0.05) is 23.8 Å². The number of likely N-dealkylation sites (tertiary alicyclic amines) is 1. The number of amides is 2. The quantitative estimate of drug-likeness (QED) is 0.195. The Morgan fingerprint density at radius 1 is 1.15 bits per heavy atom. The second-order valence-electron chi connectivity index (χ2n) is 10.8. The second kappa shape index (κ2) is 10.3. The van der Waals surface area contributed by atoms with Crippen LogP contribution in [0, 0.1) is 5.82 Å². The molecule has 0 radical (unpaired) electrons. The van der Waals surface area contributed by atoms with Crippen LogP contribution in [0.3, 0.4) is 0 Å². The third-order valence-electron chi connectivity index (χ3n) is 7.94. The maximum atomic E-state index is 14.1. The van der Waals surface area contributed by atoms with Crippen LogP contribution in [0.2, 0.25) is 0 Å². The highest BCUT2D eigenvalue weighted by molar-refractivity contribution is 6.26. The van der Waals surface area contributed by atoms with Crippen molar-refractivity contribution < 1.29 is 22.4 Å². The Bertz CT molecular complexity index is 1560. The maximum absolute atomic E-state index is 14.1. The standard InChI is InChI=1S/C28H28ClF4N7O/c29-27(38-26(41)37-22-13-18(28(31,32)33)1-4-21(22)30)9-5-16(6-10-27)20-14-23(40-24(20)25(34)35-15-36-40)17-7-11-39(12-8-17)19-2-3-19/h1,4-6,9,13-15,17,19H,2-3,7-8,10-12H2,(H2,34,35,36)(H2,37,38,41). The molecular weight excluding hydrogens is 562 g/mol. The molecule has 2 aromatic heterocycles. The van der Waals surface area contributed by atoms with Gasteiger partial charge in [0.05, 0.1) is 11.3 Å². The molecule has 4 N–H and O–H groups in total. The number of nitrogens with two attached hydrogens (primary N) is 1. The number of alkyl halides is 4. The molecule has 8 nitrogen and oxygen atoms in total. The molecule has 6 rings (SSSR count). The van der Waals surface area contributed by atoms with Crippen molar-refractivity contribution in [2.45, 2.75) is 55.2 Å². The first-order chi connectivity index (χ1) is 19.5. The van der Waals surface area contributed by atoms with Crippen LogP contribution in [0.25, 0.3) is 11.1 Å². The minimum Gasteiger partial charge on any atom is -0.382 e. The lowest BCUT2D eigenvalue weighted by molar-refractivity contribution is -0.137. The SMILES string of the molecule is Nc1ncnn2c(C3CCN(C4CC4)CC3)cc(C3=CCC(Cl)(NC(=O)Nc4cc(C(F)(F)F)ccc4F)C=C3)c12. The van der Waals surface area contributed by atoms with Crippen LogP contribution in [0.1, 0.15) is 54.8 Å². The second-order valence-corrected chi connectivity index (χ2v) is 11.4. The van der Waals surface area contributed by atoms with Crippen molar-refractivity contribution in [2.75, 3.05) is 24.1 Å². The van der Waals surface area contributed by atoms with Crippen LogP contribution < -0.4 is 16.4 Å². The third-order valence-corrected chi connectivity index (χ3v) is 8.32. The Balaban J connectivity index is 1.18. The van der Waals surface area contributed by atoms with Gasteiger partial charge in [0.1, 0.15) is 22.7 Å².